The molecule has 0 aromatic heterocycles. The molecule has 0 saturated carbocycles. The second-order valence-corrected chi connectivity index (χ2v) is 10.5. The molecule has 0 fully saturated rings. The zero-order valence-electron chi connectivity index (χ0n) is 17.0. The lowest BCUT2D eigenvalue weighted by Crippen LogP contribution is -2.33. The van der Waals surface area contributed by atoms with Crippen LogP contribution in [0.5, 0.6) is 0 Å². The van der Waals surface area contributed by atoms with Crippen LogP contribution in [0.15, 0.2) is 45.8 Å². The van der Waals surface area contributed by atoms with Crippen LogP contribution in [0.2, 0.25) is 0 Å². The number of amides is 1. The molecule has 1 N–H and O–H groups in total. The minimum atomic E-state index is -3.67. The molecule has 160 valence electrons. The number of halogens is 1. The minimum absolute atomic E-state index is 0.0736. The highest BCUT2D eigenvalue weighted by Crippen LogP contribution is 2.35. The number of benzene rings is 2. The number of nitrogens with one attached hydrogen (secondary N) is 1. The predicted molar refractivity (Wildman–Crippen MR) is 121 cm³/mol. The molecule has 0 saturated heterocycles. The first-order valence-electron chi connectivity index (χ1n) is 10.2. The van der Waals surface area contributed by atoms with E-state index in [-0.39, 0.29) is 10.8 Å². The third-order valence-corrected chi connectivity index (χ3v) is 8.27. The van der Waals surface area contributed by atoms with Gasteiger partial charge in [0.1, 0.15) is 0 Å². The van der Waals surface area contributed by atoms with Gasteiger partial charge in [-0.1, -0.05) is 24.3 Å². The van der Waals surface area contributed by atoms with Crippen molar-refractivity contribution in [3.05, 3.63) is 57.6 Å². The lowest BCUT2D eigenvalue weighted by Gasteiger charge is -2.28. The van der Waals surface area contributed by atoms with Gasteiger partial charge in [0.2, 0.25) is 15.9 Å². The van der Waals surface area contributed by atoms with E-state index >= 15 is 0 Å². The largest absolute Gasteiger partial charge is 0.312 e. The number of nitrogens with zero attached hydrogens (tertiary/aromatic N) is 2. The molecule has 30 heavy (non-hydrogen) atoms. The summed E-state index contributed by atoms with van der Waals surface area (Å²) in [5, 5.41) is 0. The van der Waals surface area contributed by atoms with Crippen molar-refractivity contribution < 1.29 is 13.2 Å². The molecule has 8 heteroatoms. The maximum Gasteiger partial charge on any atom is 0.241 e. The van der Waals surface area contributed by atoms with Crippen molar-refractivity contribution in [2.24, 2.45) is 0 Å². The summed E-state index contributed by atoms with van der Waals surface area (Å²) in [4.78, 5) is 16.0. The van der Waals surface area contributed by atoms with Crippen LogP contribution < -0.4 is 9.62 Å². The van der Waals surface area contributed by atoms with Gasteiger partial charge in [0.05, 0.1) is 4.90 Å². The molecule has 0 bridgehead atoms. The second kappa shape index (κ2) is 8.78. The van der Waals surface area contributed by atoms with Crippen molar-refractivity contribution in [1.29, 1.82) is 0 Å². The van der Waals surface area contributed by atoms with Crippen LogP contribution in [-0.2, 0) is 34.2 Å². The van der Waals surface area contributed by atoms with Gasteiger partial charge in [-0.25, -0.2) is 13.1 Å². The highest BCUT2D eigenvalue weighted by Gasteiger charge is 2.27. The molecule has 2 aliphatic rings. The number of carbonyl (C=O) groups excluding carboxylic acids is 1. The smallest absolute Gasteiger partial charge is 0.241 e. The highest BCUT2D eigenvalue weighted by molar-refractivity contribution is 9.10. The third kappa shape index (κ3) is 4.46. The van der Waals surface area contributed by atoms with E-state index in [0.717, 1.165) is 44.5 Å². The van der Waals surface area contributed by atoms with Gasteiger partial charge in [-0.3, -0.25) is 9.69 Å². The molecule has 6 nitrogen and oxygen atoms in total. The number of hydrogen-bond acceptors (Lipinski definition) is 4. The fraction of sp³-hybridized carbons (Fsp3) is 0.409. The van der Waals surface area contributed by atoms with Gasteiger partial charge in [0.25, 0.3) is 0 Å². The summed E-state index contributed by atoms with van der Waals surface area (Å²) in [5.41, 5.74) is 4.46. The number of sulfonamides is 1. The van der Waals surface area contributed by atoms with Crippen LogP contribution >= 0.6 is 15.9 Å². The predicted octanol–water partition coefficient (Wildman–Crippen LogP) is 3.08. The maximum absolute atomic E-state index is 12.9. The van der Waals surface area contributed by atoms with Gasteiger partial charge in [0.15, 0.2) is 0 Å². The zero-order valence-corrected chi connectivity index (χ0v) is 19.4. The van der Waals surface area contributed by atoms with Crippen LogP contribution in [0.25, 0.3) is 0 Å². The van der Waals surface area contributed by atoms with Gasteiger partial charge in [-0.05, 0) is 70.6 Å². The van der Waals surface area contributed by atoms with Gasteiger partial charge >= 0.3 is 0 Å². The van der Waals surface area contributed by atoms with E-state index < -0.39 is 10.0 Å². The molecule has 2 heterocycles. The van der Waals surface area contributed by atoms with Crippen LogP contribution in [0.3, 0.4) is 0 Å². The van der Waals surface area contributed by atoms with Gasteiger partial charge in [0, 0.05) is 43.3 Å². The molecular weight excluding hydrogens is 466 g/mol. The molecule has 0 spiro atoms. The summed E-state index contributed by atoms with van der Waals surface area (Å²) in [6.07, 6.45) is 2.51. The third-order valence-electron chi connectivity index (χ3n) is 5.85. The Labute approximate surface area is 186 Å². The van der Waals surface area contributed by atoms with E-state index in [1.807, 2.05) is 6.07 Å². The Morgan fingerprint density at radius 3 is 2.60 bits per heavy atom. The Morgan fingerprint density at radius 1 is 1.10 bits per heavy atom. The molecule has 0 unspecified atom stereocenters. The van der Waals surface area contributed by atoms with Gasteiger partial charge in [-0.15, -0.1) is 0 Å². The topological polar surface area (TPSA) is 69.7 Å². The van der Waals surface area contributed by atoms with Crippen molar-refractivity contribution >= 4 is 37.5 Å². The van der Waals surface area contributed by atoms with Crippen LogP contribution in [-0.4, -0.2) is 45.4 Å². The molecular formula is C22H26BrN3O3S. The van der Waals surface area contributed by atoms with E-state index in [4.69, 9.17) is 0 Å². The number of carbonyl (C=O) groups is 1. The summed E-state index contributed by atoms with van der Waals surface area (Å²) in [7, 11) is -3.67. The molecule has 2 aliphatic heterocycles. The van der Waals surface area contributed by atoms with Gasteiger partial charge in [-0.2, -0.15) is 0 Å². The normalized spacial score (nSPS) is 16.4. The Bertz CT molecular complexity index is 1070. The zero-order chi connectivity index (χ0) is 21.3. The summed E-state index contributed by atoms with van der Waals surface area (Å²) in [6, 6.07) is 11.9. The summed E-state index contributed by atoms with van der Waals surface area (Å²) in [5.74, 6) is -0.0736. The van der Waals surface area contributed by atoms with Gasteiger partial charge < -0.3 is 4.90 Å². The van der Waals surface area contributed by atoms with E-state index in [1.54, 1.807) is 11.0 Å². The van der Waals surface area contributed by atoms with Crippen molar-refractivity contribution in [3.63, 3.8) is 0 Å². The van der Waals surface area contributed by atoms with Crippen LogP contribution in [0, 0.1) is 0 Å². The Kier molecular flexibility index (Phi) is 6.29. The molecule has 0 atom stereocenters. The number of hydrogen-bond donors (Lipinski definition) is 1. The molecule has 0 radical (unpaired) electrons. The Balaban J connectivity index is 1.36. The molecule has 2 aromatic carbocycles. The van der Waals surface area contributed by atoms with Crippen molar-refractivity contribution in [2.45, 2.75) is 37.6 Å². The van der Waals surface area contributed by atoms with Crippen LogP contribution in [0.4, 0.5) is 5.69 Å². The fourth-order valence-corrected chi connectivity index (χ4v) is 6.43. The molecule has 0 aliphatic carbocycles. The van der Waals surface area contributed by atoms with Crippen molar-refractivity contribution in [3.8, 4) is 0 Å². The SMILES string of the molecule is CC(=O)N1CCc2cc(Br)c(S(=O)(=O)NCCCN3CCc4ccccc4C3)cc21. The fourth-order valence-electron chi connectivity index (χ4n) is 4.25. The highest BCUT2D eigenvalue weighted by atomic mass is 79.9. The standard InChI is InChI=1S/C22H26BrN3O3S/c1-16(27)26-12-8-18-13-20(23)22(14-21(18)26)30(28,29)24-9-4-10-25-11-7-17-5-2-3-6-19(17)15-25/h2-3,5-6,13-14,24H,4,7-12,15H2,1H3. The number of anilines is 1. The second-order valence-electron chi connectivity index (χ2n) is 7.88. The van der Waals surface area contributed by atoms with E-state index in [9.17, 15) is 13.2 Å². The first kappa shape index (κ1) is 21.5. The average molecular weight is 492 g/mol. The summed E-state index contributed by atoms with van der Waals surface area (Å²) < 4.78 is 29.0. The first-order chi connectivity index (χ1) is 14.3. The quantitative estimate of drug-likeness (QED) is 0.630. The summed E-state index contributed by atoms with van der Waals surface area (Å²) >= 11 is 3.40. The molecule has 2 aromatic rings. The van der Waals surface area contributed by atoms with E-state index in [1.165, 1.54) is 18.1 Å². The molecule has 4 rings (SSSR count). The Hall–Kier alpha value is -1.74. The monoisotopic (exact) mass is 491 g/mol. The van der Waals surface area contributed by atoms with Crippen molar-refractivity contribution in [2.75, 3.05) is 31.1 Å². The maximum atomic E-state index is 12.9. The summed E-state index contributed by atoms with van der Waals surface area (Å²) in [6.45, 7) is 5.23. The first-order valence-corrected chi connectivity index (χ1v) is 12.5. The van der Waals surface area contributed by atoms with Crippen molar-refractivity contribution in [1.82, 2.24) is 9.62 Å². The van der Waals surface area contributed by atoms with E-state index in [0.29, 0.717) is 23.2 Å². The Morgan fingerprint density at radius 2 is 1.83 bits per heavy atom. The van der Waals surface area contributed by atoms with E-state index in [2.05, 4.69) is 49.8 Å². The average Bonchev–Trinajstić information content (AvgIpc) is 3.13. The lowest BCUT2D eigenvalue weighted by molar-refractivity contribution is -0.116. The number of fused-ring (bicyclic) bond motifs is 2. The number of rotatable bonds is 6. The van der Waals surface area contributed by atoms with Crippen LogP contribution in [0.1, 0.15) is 30.0 Å². The lowest BCUT2D eigenvalue weighted by atomic mass is 10.00. The molecule has 1 amide bonds. The minimum Gasteiger partial charge on any atom is -0.312 e.